The molecule has 1 atom stereocenters. The molecule has 0 bridgehead atoms. The van der Waals surface area contributed by atoms with Gasteiger partial charge >= 0.3 is 0 Å². The zero-order valence-corrected chi connectivity index (χ0v) is 13.9. The van der Waals surface area contributed by atoms with Gasteiger partial charge in [0.25, 0.3) is 0 Å². The molecular weight excluding hydrogens is 296 g/mol. The van der Waals surface area contributed by atoms with Gasteiger partial charge in [-0.15, -0.1) is 0 Å². The average Bonchev–Trinajstić information content (AvgIpc) is 3.16. The number of carbonyl (C=O) groups excluding carboxylic acids is 1. The molecule has 1 heterocycles. The number of likely N-dealkylation sites (N-methyl/N-ethyl adjacent to an activating group) is 1. The Morgan fingerprint density at radius 2 is 2.09 bits per heavy atom. The minimum Gasteiger partial charge on any atom is -0.352 e. The molecule has 1 amide bonds. The Morgan fingerprint density at radius 1 is 1.36 bits per heavy atom. The van der Waals surface area contributed by atoms with Crippen LogP contribution in [-0.4, -0.2) is 38.7 Å². The van der Waals surface area contributed by atoms with E-state index in [0.29, 0.717) is 6.04 Å². The fourth-order valence-corrected chi connectivity index (χ4v) is 3.46. The smallest absolute Gasteiger partial charge is 0.237 e. The van der Waals surface area contributed by atoms with E-state index in [-0.39, 0.29) is 11.9 Å². The van der Waals surface area contributed by atoms with E-state index in [1.807, 2.05) is 20.0 Å². The van der Waals surface area contributed by atoms with Crippen molar-refractivity contribution >= 4 is 28.7 Å². The highest BCUT2D eigenvalue weighted by atomic mass is 32.1. The Balaban J connectivity index is 1.59. The zero-order valence-electron chi connectivity index (χ0n) is 13.1. The normalized spacial score (nSPS) is 17.2. The van der Waals surface area contributed by atoms with Gasteiger partial charge in [-0.25, -0.2) is 0 Å². The lowest BCUT2D eigenvalue weighted by Crippen LogP contribution is -2.46. The molecule has 118 valence electrons. The van der Waals surface area contributed by atoms with Gasteiger partial charge in [0.05, 0.1) is 17.8 Å². The van der Waals surface area contributed by atoms with Gasteiger partial charge in [0.15, 0.2) is 0 Å². The fraction of sp³-hybridized carbons (Fsp3) is 0.562. The molecular formula is C16H22N4OS. The molecule has 0 saturated heterocycles. The summed E-state index contributed by atoms with van der Waals surface area (Å²) in [4.78, 5) is 14.4. The van der Waals surface area contributed by atoms with Crippen LogP contribution >= 0.6 is 11.7 Å². The summed E-state index contributed by atoms with van der Waals surface area (Å²) in [5.74, 6) is 0.130. The second-order valence-corrected chi connectivity index (χ2v) is 6.70. The van der Waals surface area contributed by atoms with E-state index < -0.39 is 0 Å². The summed E-state index contributed by atoms with van der Waals surface area (Å²) >= 11 is 1.23. The van der Waals surface area contributed by atoms with Gasteiger partial charge in [0.1, 0.15) is 11.0 Å². The summed E-state index contributed by atoms with van der Waals surface area (Å²) in [6.45, 7) is 2.69. The van der Waals surface area contributed by atoms with E-state index in [4.69, 9.17) is 0 Å². The van der Waals surface area contributed by atoms with Crippen LogP contribution in [0.1, 0.15) is 38.2 Å². The Bertz CT molecular complexity index is 650. The van der Waals surface area contributed by atoms with Gasteiger partial charge in [-0.1, -0.05) is 18.9 Å². The van der Waals surface area contributed by atoms with Gasteiger partial charge in [0, 0.05) is 12.6 Å². The molecule has 1 aliphatic carbocycles. The van der Waals surface area contributed by atoms with Crippen molar-refractivity contribution in [1.82, 2.24) is 19.0 Å². The molecule has 1 aliphatic rings. The van der Waals surface area contributed by atoms with Crippen LogP contribution in [0.5, 0.6) is 0 Å². The first-order valence-corrected chi connectivity index (χ1v) is 8.58. The van der Waals surface area contributed by atoms with E-state index in [9.17, 15) is 4.79 Å². The molecule has 0 radical (unpaired) electrons. The number of carbonyl (C=O) groups is 1. The van der Waals surface area contributed by atoms with Gasteiger partial charge in [-0.05, 0) is 44.5 Å². The standard InChI is InChI=1S/C16H22N4OS/c1-11(16(21)17-13-5-3-4-6-13)20(2)10-12-7-8-14-15(9-12)19-22-18-14/h7-9,11,13H,3-6,10H2,1-2H3,(H,17,21). The van der Waals surface area contributed by atoms with Crippen LogP contribution in [0.2, 0.25) is 0 Å². The lowest BCUT2D eigenvalue weighted by atomic mass is 10.1. The Morgan fingerprint density at radius 3 is 2.86 bits per heavy atom. The van der Waals surface area contributed by atoms with Crippen molar-refractivity contribution in [3.8, 4) is 0 Å². The SMILES string of the molecule is CC(C(=O)NC1CCCC1)N(C)Cc1ccc2nsnc2c1. The number of hydrogen-bond acceptors (Lipinski definition) is 5. The van der Waals surface area contributed by atoms with Crippen LogP contribution in [0.15, 0.2) is 18.2 Å². The number of amides is 1. The van der Waals surface area contributed by atoms with E-state index in [1.165, 1.54) is 24.6 Å². The van der Waals surface area contributed by atoms with Crippen molar-refractivity contribution in [2.45, 2.75) is 51.2 Å². The Hall–Kier alpha value is -1.53. The molecule has 0 spiro atoms. The largest absolute Gasteiger partial charge is 0.352 e. The molecule has 1 fully saturated rings. The molecule has 1 unspecified atom stereocenters. The van der Waals surface area contributed by atoms with E-state index in [2.05, 4.69) is 31.1 Å². The molecule has 6 heteroatoms. The topological polar surface area (TPSA) is 58.1 Å². The first-order chi connectivity index (χ1) is 10.6. The lowest BCUT2D eigenvalue weighted by Gasteiger charge is -2.25. The molecule has 22 heavy (non-hydrogen) atoms. The minimum atomic E-state index is -0.134. The van der Waals surface area contributed by atoms with Crippen LogP contribution in [-0.2, 0) is 11.3 Å². The first kappa shape index (κ1) is 15.4. The third-order valence-electron chi connectivity index (χ3n) is 4.49. The highest BCUT2D eigenvalue weighted by molar-refractivity contribution is 7.00. The minimum absolute atomic E-state index is 0.130. The number of nitrogens with one attached hydrogen (secondary N) is 1. The van der Waals surface area contributed by atoms with Gasteiger partial charge in [0.2, 0.25) is 5.91 Å². The summed E-state index contributed by atoms with van der Waals surface area (Å²) in [7, 11) is 1.99. The molecule has 3 rings (SSSR count). The second kappa shape index (κ2) is 6.71. The number of benzene rings is 1. The predicted molar refractivity (Wildman–Crippen MR) is 88.7 cm³/mol. The van der Waals surface area contributed by atoms with E-state index in [1.54, 1.807) is 0 Å². The highest BCUT2D eigenvalue weighted by Gasteiger charge is 2.23. The van der Waals surface area contributed by atoms with Crippen molar-refractivity contribution in [2.24, 2.45) is 0 Å². The summed E-state index contributed by atoms with van der Waals surface area (Å²) in [6, 6.07) is 6.34. The van der Waals surface area contributed by atoms with Crippen molar-refractivity contribution < 1.29 is 4.79 Å². The average molecular weight is 318 g/mol. The van der Waals surface area contributed by atoms with Gasteiger partial charge in [-0.3, -0.25) is 9.69 Å². The second-order valence-electron chi connectivity index (χ2n) is 6.17. The molecule has 1 N–H and O–H groups in total. The molecule has 2 aromatic rings. The van der Waals surface area contributed by atoms with Crippen LogP contribution in [0, 0.1) is 0 Å². The zero-order chi connectivity index (χ0) is 15.5. The van der Waals surface area contributed by atoms with Crippen LogP contribution < -0.4 is 5.32 Å². The molecule has 1 aromatic carbocycles. The van der Waals surface area contributed by atoms with Crippen molar-refractivity contribution in [3.05, 3.63) is 23.8 Å². The van der Waals surface area contributed by atoms with Gasteiger partial charge < -0.3 is 5.32 Å². The maximum absolute atomic E-state index is 12.3. The van der Waals surface area contributed by atoms with E-state index >= 15 is 0 Å². The maximum Gasteiger partial charge on any atom is 0.237 e. The highest BCUT2D eigenvalue weighted by Crippen LogP contribution is 2.18. The van der Waals surface area contributed by atoms with E-state index in [0.717, 1.165) is 36.0 Å². The summed E-state index contributed by atoms with van der Waals surface area (Å²) in [6.07, 6.45) is 4.71. The molecule has 5 nitrogen and oxygen atoms in total. The van der Waals surface area contributed by atoms with Gasteiger partial charge in [-0.2, -0.15) is 8.75 Å². The predicted octanol–water partition coefficient (Wildman–Crippen LogP) is 2.57. The molecule has 0 aliphatic heterocycles. The van der Waals surface area contributed by atoms with Crippen LogP contribution in [0.3, 0.4) is 0 Å². The van der Waals surface area contributed by atoms with Crippen molar-refractivity contribution in [3.63, 3.8) is 0 Å². The van der Waals surface area contributed by atoms with Crippen molar-refractivity contribution in [1.29, 1.82) is 0 Å². The molecule has 1 saturated carbocycles. The lowest BCUT2D eigenvalue weighted by molar-refractivity contribution is -0.126. The molecule has 1 aromatic heterocycles. The van der Waals surface area contributed by atoms with Crippen LogP contribution in [0.25, 0.3) is 11.0 Å². The Kier molecular flexibility index (Phi) is 4.69. The van der Waals surface area contributed by atoms with Crippen LogP contribution in [0.4, 0.5) is 0 Å². The summed E-state index contributed by atoms with van der Waals surface area (Å²) in [5, 5.41) is 3.17. The quantitative estimate of drug-likeness (QED) is 0.920. The summed E-state index contributed by atoms with van der Waals surface area (Å²) in [5.41, 5.74) is 3.02. The maximum atomic E-state index is 12.3. The number of rotatable bonds is 5. The number of aromatic nitrogens is 2. The number of fused-ring (bicyclic) bond motifs is 1. The Labute approximate surface area is 135 Å². The number of hydrogen-bond donors (Lipinski definition) is 1. The third kappa shape index (κ3) is 3.44. The fourth-order valence-electron chi connectivity index (χ4n) is 2.94. The number of nitrogens with zero attached hydrogens (tertiary/aromatic N) is 3. The first-order valence-electron chi connectivity index (χ1n) is 7.85. The van der Waals surface area contributed by atoms with Crippen molar-refractivity contribution in [2.75, 3.05) is 7.05 Å². The third-order valence-corrected chi connectivity index (χ3v) is 5.05. The monoisotopic (exact) mass is 318 g/mol. The summed E-state index contributed by atoms with van der Waals surface area (Å²) < 4.78 is 8.48.